The van der Waals surface area contributed by atoms with E-state index in [4.69, 9.17) is 11.0 Å². The molecular weight excluding hydrogens is 203 g/mol. The van der Waals surface area contributed by atoms with Crippen molar-refractivity contribution in [2.24, 2.45) is 0 Å². The number of nitriles is 1. The van der Waals surface area contributed by atoms with Gasteiger partial charge < -0.3 is 10.7 Å². The maximum absolute atomic E-state index is 11.9. The van der Waals surface area contributed by atoms with Crippen LogP contribution in [0, 0.1) is 11.3 Å². The van der Waals surface area contributed by atoms with Gasteiger partial charge in [-0.3, -0.25) is 0 Å². The topological polar surface area (TPSA) is 65.6 Å². The van der Waals surface area contributed by atoms with E-state index in [9.17, 15) is 13.2 Å². The molecule has 3 nitrogen and oxygen atoms in total. The van der Waals surface area contributed by atoms with Crippen molar-refractivity contribution in [2.75, 3.05) is 5.73 Å². The van der Waals surface area contributed by atoms with Gasteiger partial charge in [0, 0.05) is 11.8 Å². The molecule has 1 aromatic rings. The normalized spacial score (nSPS) is 11.2. The molecular formula is C6H4F3N3S. The van der Waals surface area contributed by atoms with Crippen LogP contribution >= 0.6 is 11.8 Å². The zero-order chi connectivity index (χ0) is 10.1. The van der Waals surface area contributed by atoms with E-state index in [0.717, 1.165) is 6.07 Å². The number of nitrogens with zero attached hydrogens (tertiary/aromatic N) is 1. The highest BCUT2D eigenvalue weighted by molar-refractivity contribution is 8.00. The van der Waals surface area contributed by atoms with Crippen LogP contribution in [-0.2, 0) is 0 Å². The van der Waals surface area contributed by atoms with Gasteiger partial charge in [0.1, 0.15) is 16.9 Å². The monoisotopic (exact) mass is 207 g/mol. The molecule has 70 valence electrons. The molecule has 1 heterocycles. The van der Waals surface area contributed by atoms with Gasteiger partial charge in [-0.2, -0.15) is 18.4 Å². The fourth-order valence-corrected chi connectivity index (χ4v) is 1.35. The van der Waals surface area contributed by atoms with Crippen molar-refractivity contribution in [3.63, 3.8) is 0 Å². The number of nitrogen functional groups attached to an aromatic ring is 1. The number of alkyl halides is 3. The fraction of sp³-hybridized carbons (Fsp3) is 0.167. The fourth-order valence-electron chi connectivity index (χ4n) is 0.735. The maximum Gasteiger partial charge on any atom is 0.447 e. The summed E-state index contributed by atoms with van der Waals surface area (Å²) in [4.78, 5) is 2.25. The summed E-state index contributed by atoms with van der Waals surface area (Å²) in [6.45, 7) is 0. The Labute approximate surface area is 75.7 Å². The molecule has 0 spiro atoms. The Balaban J connectivity index is 2.95. The highest BCUT2D eigenvalue weighted by Gasteiger charge is 2.31. The lowest BCUT2D eigenvalue weighted by Gasteiger charge is -2.02. The molecule has 0 radical (unpaired) electrons. The van der Waals surface area contributed by atoms with E-state index in [1.807, 2.05) is 0 Å². The van der Waals surface area contributed by atoms with Crippen molar-refractivity contribution in [2.45, 2.75) is 10.5 Å². The van der Waals surface area contributed by atoms with E-state index in [2.05, 4.69) is 4.98 Å². The zero-order valence-corrected chi connectivity index (χ0v) is 6.96. The molecule has 1 aromatic heterocycles. The third kappa shape index (κ3) is 2.59. The summed E-state index contributed by atoms with van der Waals surface area (Å²) >= 11 is -0.385. The summed E-state index contributed by atoms with van der Waals surface area (Å²) in [5, 5.41) is 8.15. The first-order chi connectivity index (χ1) is 5.92. The maximum atomic E-state index is 11.9. The largest absolute Gasteiger partial charge is 0.447 e. The van der Waals surface area contributed by atoms with Crippen LogP contribution in [0.4, 0.5) is 19.0 Å². The molecule has 0 aromatic carbocycles. The zero-order valence-electron chi connectivity index (χ0n) is 6.14. The molecule has 0 aliphatic carbocycles. The highest BCUT2D eigenvalue weighted by Crippen LogP contribution is 2.38. The molecule has 7 heteroatoms. The Hall–Kier alpha value is -1.29. The Morgan fingerprint density at radius 1 is 1.54 bits per heavy atom. The average Bonchev–Trinajstić information content (AvgIpc) is 2.27. The second-order valence-corrected chi connectivity index (χ2v) is 3.20. The minimum atomic E-state index is -4.41. The number of anilines is 1. The lowest BCUT2D eigenvalue weighted by molar-refractivity contribution is -0.0329. The highest BCUT2D eigenvalue weighted by atomic mass is 32.2. The Morgan fingerprint density at radius 2 is 2.15 bits per heavy atom. The van der Waals surface area contributed by atoms with Crippen molar-refractivity contribution in [1.29, 1.82) is 5.26 Å². The van der Waals surface area contributed by atoms with E-state index in [1.165, 1.54) is 0 Å². The van der Waals surface area contributed by atoms with Gasteiger partial charge >= 0.3 is 5.51 Å². The van der Waals surface area contributed by atoms with E-state index in [0.29, 0.717) is 0 Å². The second-order valence-electron chi connectivity index (χ2n) is 2.13. The number of aromatic nitrogens is 1. The molecule has 0 fully saturated rings. The smallest absolute Gasteiger partial charge is 0.385 e. The van der Waals surface area contributed by atoms with Crippen LogP contribution in [-0.4, -0.2) is 10.5 Å². The summed E-state index contributed by atoms with van der Waals surface area (Å²) in [5.41, 5.74) is 0.675. The summed E-state index contributed by atoms with van der Waals surface area (Å²) in [5.74, 6) is 0.0447. The van der Waals surface area contributed by atoms with Gasteiger partial charge in [0.05, 0.1) is 5.56 Å². The lowest BCUT2D eigenvalue weighted by Crippen LogP contribution is -2.00. The minimum absolute atomic E-state index is 0.0447. The molecule has 0 unspecified atom stereocenters. The van der Waals surface area contributed by atoms with E-state index >= 15 is 0 Å². The molecule has 3 N–H and O–H groups in total. The summed E-state index contributed by atoms with van der Waals surface area (Å²) < 4.78 is 35.6. The third-order valence-corrected chi connectivity index (χ3v) is 1.90. The number of aromatic amines is 1. The predicted molar refractivity (Wildman–Crippen MR) is 41.8 cm³/mol. The SMILES string of the molecule is N#Cc1cc(N)[nH]c1SC(F)(F)F. The quantitative estimate of drug-likeness (QED) is 0.693. The average molecular weight is 207 g/mol. The predicted octanol–water partition coefficient (Wildman–Crippen LogP) is 2.08. The van der Waals surface area contributed by atoms with Crippen molar-refractivity contribution in [1.82, 2.24) is 4.98 Å². The van der Waals surface area contributed by atoms with Gasteiger partial charge in [-0.1, -0.05) is 0 Å². The molecule has 13 heavy (non-hydrogen) atoms. The van der Waals surface area contributed by atoms with E-state index < -0.39 is 5.51 Å². The van der Waals surface area contributed by atoms with Crippen LogP contribution in [0.25, 0.3) is 0 Å². The Kier molecular flexibility index (Phi) is 2.43. The minimum Gasteiger partial charge on any atom is -0.385 e. The number of nitrogens with one attached hydrogen (secondary N) is 1. The number of thioether (sulfide) groups is 1. The number of H-pyrrole nitrogens is 1. The molecule has 0 aliphatic heterocycles. The molecule has 1 rings (SSSR count). The van der Waals surface area contributed by atoms with Gasteiger partial charge in [-0.15, -0.1) is 0 Å². The van der Waals surface area contributed by atoms with Crippen molar-refractivity contribution in [3.05, 3.63) is 11.6 Å². The van der Waals surface area contributed by atoms with E-state index in [-0.39, 0.29) is 28.2 Å². The number of halogens is 3. The number of hydrogen-bond donors (Lipinski definition) is 2. The van der Waals surface area contributed by atoms with Gasteiger partial charge in [0.2, 0.25) is 0 Å². The van der Waals surface area contributed by atoms with Gasteiger partial charge in [-0.05, 0) is 6.07 Å². The van der Waals surface area contributed by atoms with Gasteiger partial charge in [-0.25, -0.2) is 0 Å². The number of hydrogen-bond acceptors (Lipinski definition) is 3. The van der Waals surface area contributed by atoms with Crippen molar-refractivity contribution in [3.8, 4) is 6.07 Å². The lowest BCUT2D eigenvalue weighted by atomic mass is 10.4. The van der Waals surface area contributed by atoms with Gasteiger partial charge in [0.25, 0.3) is 0 Å². The molecule has 0 saturated heterocycles. The van der Waals surface area contributed by atoms with E-state index in [1.54, 1.807) is 6.07 Å². The number of rotatable bonds is 1. The molecule has 0 bridgehead atoms. The summed E-state index contributed by atoms with van der Waals surface area (Å²) in [7, 11) is 0. The van der Waals surface area contributed by atoms with Crippen LogP contribution in [0.2, 0.25) is 0 Å². The van der Waals surface area contributed by atoms with Crippen LogP contribution < -0.4 is 5.73 Å². The van der Waals surface area contributed by atoms with Crippen molar-refractivity contribution >= 4 is 17.6 Å². The van der Waals surface area contributed by atoms with Gasteiger partial charge in [0.15, 0.2) is 0 Å². The Bertz CT molecular complexity index is 349. The van der Waals surface area contributed by atoms with Crippen LogP contribution in [0.5, 0.6) is 0 Å². The van der Waals surface area contributed by atoms with Crippen LogP contribution in [0.1, 0.15) is 5.56 Å². The van der Waals surface area contributed by atoms with Crippen LogP contribution in [0.3, 0.4) is 0 Å². The second kappa shape index (κ2) is 3.22. The van der Waals surface area contributed by atoms with Crippen molar-refractivity contribution < 1.29 is 13.2 Å². The molecule has 0 atom stereocenters. The first-order valence-corrected chi connectivity index (χ1v) is 3.88. The van der Waals surface area contributed by atoms with Crippen LogP contribution in [0.15, 0.2) is 11.1 Å². The first kappa shape index (κ1) is 9.80. The summed E-state index contributed by atoms with van der Waals surface area (Å²) in [6.07, 6.45) is 0. The standard InChI is InChI=1S/C6H4F3N3S/c7-6(8,9)13-5-3(2-10)1-4(11)12-5/h1,12H,11H2. The molecule has 0 aliphatic rings. The Morgan fingerprint density at radius 3 is 2.62 bits per heavy atom. The summed E-state index contributed by atoms with van der Waals surface area (Å²) in [6, 6.07) is 2.77. The molecule has 0 saturated carbocycles. The first-order valence-electron chi connectivity index (χ1n) is 3.06. The third-order valence-electron chi connectivity index (χ3n) is 1.14. The molecule has 0 amide bonds. The number of nitrogens with two attached hydrogens (primary N) is 1.